The van der Waals surface area contributed by atoms with Crippen LogP contribution in [-0.2, 0) is 17.0 Å². The fourth-order valence-corrected chi connectivity index (χ4v) is 4.50. The van der Waals surface area contributed by atoms with Crippen LogP contribution in [0.5, 0.6) is 0 Å². The first kappa shape index (κ1) is 23.5. The van der Waals surface area contributed by atoms with Gasteiger partial charge in [0.1, 0.15) is 5.58 Å². The second-order valence-electron chi connectivity index (χ2n) is 8.24. The minimum Gasteiger partial charge on any atom is -0.464 e. The molecule has 2 aromatic heterocycles. The number of carbonyl (C=O) groups is 2. The van der Waals surface area contributed by atoms with Gasteiger partial charge in [-0.1, -0.05) is 36.0 Å². The number of rotatable bonds is 6. The van der Waals surface area contributed by atoms with Gasteiger partial charge in [-0.3, -0.25) is 20.4 Å². The van der Waals surface area contributed by atoms with Crippen molar-refractivity contribution >= 4 is 34.5 Å². The highest BCUT2D eigenvalue weighted by atomic mass is 32.2. The third-order valence-electron chi connectivity index (χ3n) is 5.55. The molecule has 34 heavy (non-hydrogen) atoms. The average Bonchev–Trinajstić information content (AvgIpc) is 3.21. The molecule has 0 saturated heterocycles. The highest BCUT2D eigenvalue weighted by Gasteiger charge is 2.14. The average molecular weight is 475 g/mol. The number of hydrogen-bond donors (Lipinski definition) is 2. The number of aryl methyl sites for hydroxylation is 4. The maximum absolute atomic E-state index is 12.4. The quantitative estimate of drug-likeness (QED) is 0.238. The van der Waals surface area contributed by atoms with Crippen LogP contribution in [0.1, 0.15) is 44.0 Å². The van der Waals surface area contributed by atoms with Gasteiger partial charge < -0.3 is 4.42 Å². The molecule has 4 aromatic rings. The summed E-state index contributed by atoms with van der Waals surface area (Å²) < 4.78 is 5.65. The molecule has 8 heteroatoms. The summed E-state index contributed by atoms with van der Waals surface area (Å²) in [5.41, 5.74) is 12.1. The molecule has 0 unspecified atom stereocenters. The maximum atomic E-state index is 12.4. The van der Waals surface area contributed by atoms with Gasteiger partial charge in [-0.2, -0.15) is 0 Å². The summed E-state index contributed by atoms with van der Waals surface area (Å²) in [5, 5.41) is 1.64. The van der Waals surface area contributed by atoms with E-state index < -0.39 is 0 Å². The van der Waals surface area contributed by atoms with E-state index in [1.54, 1.807) is 30.2 Å². The fraction of sp³-hybridized carbons (Fsp3) is 0.231. The summed E-state index contributed by atoms with van der Waals surface area (Å²) in [6.45, 7) is 7.91. The molecule has 0 aliphatic rings. The van der Waals surface area contributed by atoms with E-state index in [4.69, 9.17) is 4.42 Å². The van der Waals surface area contributed by atoms with Crippen LogP contribution in [0.15, 0.2) is 58.3 Å². The first-order valence-corrected chi connectivity index (χ1v) is 11.9. The van der Waals surface area contributed by atoms with E-state index in [9.17, 15) is 9.59 Å². The summed E-state index contributed by atoms with van der Waals surface area (Å²) >= 11 is 1.55. The molecule has 0 saturated carbocycles. The third kappa shape index (κ3) is 5.46. The van der Waals surface area contributed by atoms with Crippen LogP contribution in [0.3, 0.4) is 0 Å². The van der Waals surface area contributed by atoms with Gasteiger partial charge in [0.15, 0.2) is 5.16 Å². The summed E-state index contributed by atoms with van der Waals surface area (Å²) in [5.74, 6) is -0.0106. The molecule has 0 aliphatic heterocycles. The minimum atomic E-state index is -0.381. The van der Waals surface area contributed by atoms with Crippen molar-refractivity contribution in [3.8, 4) is 0 Å². The van der Waals surface area contributed by atoms with Crippen LogP contribution >= 0.6 is 11.8 Å². The summed E-state index contributed by atoms with van der Waals surface area (Å²) in [4.78, 5) is 33.7. The molecule has 0 fully saturated rings. The largest absolute Gasteiger partial charge is 0.464 e. The number of furan rings is 1. The Morgan fingerprint density at radius 1 is 0.941 bits per heavy atom. The number of fused-ring (bicyclic) bond motifs is 1. The van der Waals surface area contributed by atoms with Crippen LogP contribution in [0.2, 0.25) is 0 Å². The van der Waals surface area contributed by atoms with E-state index in [0.29, 0.717) is 11.3 Å². The second-order valence-corrected chi connectivity index (χ2v) is 9.19. The first-order valence-electron chi connectivity index (χ1n) is 10.9. The Kier molecular flexibility index (Phi) is 6.98. The molecule has 174 valence electrons. The minimum absolute atomic E-state index is 0.104. The van der Waals surface area contributed by atoms with Gasteiger partial charge >= 0.3 is 0 Å². The molecule has 0 radical (unpaired) electrons. The summed E-state index contributed by atoms with van der Waals surface area (Å²) in [7, 11) is 0. The number of benzene rings is 2. The third-order valence-corrected chi connectivity index (χ3v) is 6.47. The molecule has 0 atom stereocenters. The number of hydrogen-bond acceptors (Lipinski definition) is 6. The predicted octanol–water partition coefficient (Wildman–Crippen LogP) is 4.75. The zero-order valence-corrected chi connectivity index (χ0v) is 20.4. The number of nitrogens with zero attached hydrogens (tertiary/aromatic N) is 2. The molecule has 2 N–H and O–H groups in total. The number of amides is 2. The number of nitrogens with one attached hydrogen (secondary N) is 2. The van der Waals surface area contributed by atoms with E-state index >= 15 is 0 Å². The molecule has 2 heterocycles. The Bertz CT molecular complexity index is 1340. The van der Waals surface area contributed by atoms with E-state index in [1.807, 2.05) is 58.0 Å². The number of aromatic nitrogens is 2. The van der Waals surface area contributed by atoms with E-state index in [-0.39, 0.29) is 18.2 Å². The Morgan fingerprint density at radius 2 is 1.65 bits per heavy atom. The lowest BCUT2D eigenvalue weighted by Gasteiger charge is -2.08. The standard InChI is InChI=1S/C26H26N4O3S/c1-15-5-10-22-21(13-33-24(22)18(15)4)12-23(31)29-30-25(32)20-8-6-19(7-9-20)14-34-26-27-16(2)11-17(3)28-26/h5-11,13H,12,14H2,1-4H3,(H,29,31)(H,30,32). The highest BCUT2D eigenvalue weighted by molar-refractivity contribution is 7.98. The van der Waals surface area contributed by atoms with Gasteiger partial charge in [-0.15, -0.1) is 0 Å². The lowest BCUT2D eigenvalue weighted by atomic mass is 10.0. The summed E-state index contributed by atoms with van der Waals surface area (Å²) in [6, 6.07) is 13.1. The van der Waals surface area contributed by atoms with Crippen molar-refractivity contribution in [3.05, 3.63) is 87.9 Å². The van der Waals surface area contributed by atoms with Crippen molar-refractivity contribution in [1.82, 2.24) is 20.8 Å². The number of thioether (sulfide) groups is 1. The molecule has 7 nitrogen and oxygen atoms in total. The molecule has 0 bridgehead atoms. The van der Waals surface area contributed by atoms with Gasteiger partial charge in [0.25, 0.3) is 5.91 Å². The SMILES string of the molecule is Cc1cc(C)nc(SCc2ccc(C(=O)NNC(=O)Cc3coc4c(C)c(C)ccc34)cc2)n1. The zero-order valence-electron chi connectivity index (χ0n) is 19.6. The molecule has 2 amide bonds. The Labute approximate surface area is 202 Å². The number of hydrazine groups is 1. The van der Waals surface area contributed by atoms with Crippen LogP contribution < -0.4 is 10.9 Å². The Hall–Kier alpha value is -3.65. The smallest absolute Gasteiger partial charge is 0.269 e. The van der Waals surface area contributed by atoms with E-state index in [2.05, 4.69) is 20.8 Å². The highest BCUT2D eigenvalue weighted by Crippen LogP contribution is 2.26. The van der Waals surface area contributed by atoms with Crippen molar-refractivity contribution in [1.29, 1.82) is 0 Å². The van der Waals surface area contributed by atoms with Crippen molar-refractivity contribution in [2.75, 3.05) is 0 Å². The molecule has 0 spiro atoms. The van der Waals surface area contributed by atoms with Gasteiger partial charge in [-0.05, 0) is 62.6 Å². The van der Waals surface area contributed by atoms with Crippen molar-refractivity contribution in [3.63, 3.8) is 0 Å². The first-order chi connectivity index (χ1) is 16.3. The van der Waals surface area contributed by atoms with Crippen LogP contribution in [0, 0.1) is 27.7 Å². The number of carbonyl (C=O) groups excluding carboxylic acids is 2. The second kappa shape index (κ2) is 10.1. The van der Waals surface area contributed by atoms with Crippen LogP contribution in [0.4, 0.5) is 0 Å². The Balaban J connectivity index is 1.30. The van der Waals surface area contributed by atoms with E-state index in [0.717, 1.165) is 49.8 Å². The molecule has 0 aliphatic carbocycles. The monoisotopic (exact) mass is 474 g/mol. The molecular formula is C26H26N4O3S. The van der Waals surface area contributed by atoms with Crippen molar-refractivity contribution in [2.24, 2.45) is 0 Å². The van der Waals surface area contributed by atoms with Crippen molar-refractivity contribution < 1.29 is 14.0 Å². The predicted molar refractivity (Wildman–Crippen MR) is 133 cm³/mol. The zero-order chi connectivity index (χ0) is 24.2. The summed E-state index contributed by atoms with van der Waals surface area (Å²) in [6.07, 6.45) is 1.70. The van der Waals surface area contributed by atoms with Crippen molar-refractivity contribution in [2.45, 2.75) is 45.0 Å². The molecular weight excluding hydrogens is 448 g/mol. The topological polar surface area (TPSA) is 97.1 Å². The molecule has 2 aromatic carbocycles. The van der Waals surface area contributed by atoms with Gasteiger partial charge in [0.2, 0.25) is 5.91 Å². The molecule has 4 rings (SSSR count). The van der Waals surface area contributed by atoms with Gasteiger partial charge in [0, 0.05) is 33.7 Å². The Morgan fingerprint density at radius 3 is 2.35 bits per heavy atom. The maximum Gasteiger partial charge on any atom is 0.269 e. The van der Waals surface area contributed by atoms with E-state index in [1.165, 1.54) is 0 Å². The van der Waals surface area contributed by atoms with Gasteiger partial charge in [-0.25, -0.2) is 9.97 Å². The van der Waals surface area contributed by atoms with Crippen LogP contribution in [-0.4, -0.2) is 21.8 Å². The van der Waals surface area contributed by atoms with Gasteiger partial charge in [0.05, 0.1) is 12.7 Å². The van der Waals surface area contributed by atoms with Crippen LogP contribution in [0.25, 0.3) is 11.0 Å². The normalized spacial score (nSPS) is 10.9. The lowest BCUT2D eigenvalue weighted by Crippen LogP contribution is -2.42. The fourth-order valence-electron chi connectivity index (χ4n) is 3.60. The lowest BCUT2D eigenvalue weighted by molar-refractivity contribution is -0.121.